The summed E-state index contributed by atoms with van der Waals surface area (Å²) in [6, 6.07) is 0.399. The number of nitrogens with one attached hydrogen (secondary N) is 1. The van der Waals surface area contributed by atoms with Crippen molar-refractivity contribution in [2.24, 2.45) is 11.8 Å². The largest absolute Gasteiger partial charge is 0.384 e. The summed E-state index contributed by atoms with van der Waals surface area (Å²) >= 11 is 0. The van der Waals surface area contributed by atoms with Gasteiger partial charge in [-0.2, -0.15) is 0 Å². The Morgan fingerprint density at radius 2 is 2.06 bits per heavy atom. The number of methoxy groups -OCH3 is 1. The normalized spacial score (nSPS) is 37.2. The second-order valence-corrected chi connectivity index (χ2v) is 6.71. The van der Waals surface area contributed by atoms with Crippen LogP contribution in [0.5, 0.6) is 0 Å². The molecule has 0 amide bonds. The van der Waals surface area contributed by atoms with E-state index >= 15 is 0 Å². The molecular formula is C12H25NO2S. The fraction of sp³-hybridized carbons (Fsp3) is 1.00. The van der Waals surface area contributed by atoms with Crippen molar-refractivity contribution >= 4 is 10.8 Å². The molecule has 0 bridgehead atoms. The summed E-state index contributed by atoms with van der Waals surface area (Å²) in [5, 5.41) is 3.63. The summed E-state index contributed by atoms with van der Waals surface area (Å²) in [6.07, 6.45) is 2.34. The fourth-order valence-corrected chi connectivity index (χ4v) is 4.70. The highest BCUT2D eigenvalue weighted by atomic mass is 32.2. The van der Waals surface area contributed by atoms with Crippen LogP contribution in [0.3, 0.4) is 0 Å². The van der Waals surface area contributed by atoms with Crippen LogP contribution >= 0.6 is 0 Å². The van der Waals surface area contributed by atoms with Gasteiger partial charge in [-0.1, -0.05) is 13.8 Å². The average molecular weight is 247 g/mol. The highest BCUT2D eigenvalue weighted by Gasteiger charge is 2.36. The van der Waals surface area contributed by atoms with E-state index in [9.17, 15) is 4.21 Å². The van der Waals surface area contributed by atoms with Gasteiger partial charge >= 0.3 is 0 Å². The van der Waals surface area contributed by atoms with Gasteiger partial charge in [0.1, 0.15) is 0 Å². The minimum atomic E-state index is -0.769. The van der Waals surface area contributed by atoms with E-state index in [4.69, 9.17) is 4.74 Å². The highest BCUT2D eigenvalue weighted by molar-refractivity contribution is 7.85. The Hall–Kier alpha value is 0.0700. The van der Waals surface area contributed by atoms with Crippen LogP contribution in [0.4, 0.5) is 0 Å². The Labute approximate surface area is 102 Å². The van der Waals surface area contributed by atoms with E-state index in [1.165, 1.54) is 6.42 Å². The highest BCUT2D eigenvalue weighted by Crippen LogP contribution is 2.32. The van der Waals surface area contributed by atoms with Gasteiger partial charge in [0.15, 0.2) is 0 Å². The molecule has 0 aliphatic heterocycles. The number of ether oxygens (including phenoxy) is 1. The standard InChI is InChI=1S/C12H25NO2S/c1-9-7-10(2)12(11(8-9)13-3)16(14)6-5-15-4/h9-13H,5-8H2,1-4H3. The molecule has 1 aliphatic carbocycles. The van der Waals surface area contributed by atoms with Crippen LogP contribution in [-0.2, 0) is 15.5 Å². The van der Waals surface area contributed by atoms with Crippen LogP contribution in [0.25, 0.3) is 0 Å². The maximum absolute atomic E-state index is 12.2. The zero-order valence-corrected chi connectivity index (χ0v) is 11.7. The third-order valence-electron chi connectivity index (χ3n) is 3.55. The van der Waals surface area contributed by atoms with Gasteiger partial charge in [-0.05, 0) is 31.7 Å². The first-order chi connectivity index (χ1) is 7.60. The number of rotatable bonds is 5. The van der Waals surface area contributed by atoms with Crippen LogP contribution in [0.15, 0.2) is 0 Å². The van der Waals surface area contributed by atoms with E-state index in [1.54, 1.807) is 7.11 Å². The van der Waals surface area contributed by atoms with Crippen molar-refractivity contribution in [3.8, 4) is 0 Å². The lowest BCUT2D eigenvalue weighted by atomic mass is 9.80. The second-order valence-electron chi connectivity index (χ2n) is 4.99. The summed E-state index contributed by atoms with van der Waals surface area (Å²) in [5.74, 6) is 1.94. The number of hydrogen-bond acceptors (Lipinski definition) is 3. The zero-order valence-electron chi connectivity index (χ0n) is 10.9. The monoisotopic (exact) mass is 247 g/mol. The Morgan fingerprint density at radius 3 is 2.62 bits per heavy atom. The van der Waals surface area contributed by atoms with Gasteiger partial charge in [0.2, 0.25) is 0 Å². The molecule has 0 aromatic carbocycles. The number of hydrogen-bond donors (Lipinski definition) is 1. The fourth-order valence-electron chi connectivity index (χ4n) is 2.86. The minimum Gasteiger partial charge on any atom is -0.384 e. The molecule has 0 aromatic heterocycles. The molecule has 0 spiro atoms. The van der Waals surface area contributed by atoms with Crippen molar-refractivity contribution in [1.29, 1.82) is 0 Å². The second kappa shape index (κ2) is 6.72. The minimum absolute atomic E-state index is 0.288. The third kappa shape index (κ3) is 3.54. The van der Waals surface area contributed by atoms with Gasteiger partial charge < -0.3 is 10.1 Å². The molecular weight excluding hydrogens is 222 g/mol. The summed E-state index contributed by atoms with van der Waals surface area (Å²) in [6.45, 7) is 5.12. The van der Waals surface area contributed by atoms with E-state index in [2.05, 4.69) is 19.2 Å². The van der Waals surface area contributed by atoms with Crippen LogP contribution in [0, 0.1) is 11.8 Å². The molecule has 1 rings (SSSR count). The molecule has 16 heavy (non-hydrogen) atoms. The van der Waals surface area contributed by atoms with Crippen molar-refractivity contribution in [3.63, 3.8) is 0 Å². The Morgan fingerprint density at radius 1 is 1.38 bits per heavy atom. The quantitative estimate of drug-likeness (QED) is 0.798. The SMILES string of the molecule is CNC1CC(C)CC(C)C1S(=O)CCOC. The molecule has 0 saturated heterocycles. The molecule has 3 nitrogen and oxygen atoms in total. The van der Waals surface area contributed by atoms with Crippen LogP contribution in [-0.4, -0.2) is 42.0 Å². The van der Waals surface area contributed by atoms with Gasteiger partial charge in [-0.25, -0.2) is 0 Å². The molecule has 1 N–H and O–H groups in total. The molecule has 5 atom stereocenters. The molecule has 1 aliphatic rings. The molecule has 96 valence electrons. The van der Waals surface area contributed by atoms with Crippen LogP contribution in [0.1, 0.15) is 26.7 Å². The predicted octanol–water partition coefficient (Wildman–Crippen LogP) is 1.40. The molecule has 0 heterocycles. The van der Waals surface area contributed by atoms with Gasteiger partial charge in [-0.15, -0.1) is 0 Å². The molecule has 0 radical (unpaired) electrons. The van der Waals surface area contributed by atoms with Gasteiger partial charge in [0.05, 0.1) is 11.9 Å². The van der Waals surface area contributed by atoms with Gasteiger partial charge in [0.25, 0.3) is 0 Å². The molecule has 4 heteroatoms. The first kappa shape index (κ1) is 14.1. The van der Waals surface area contributed by atoms with Crippen molar-refractivity contribution in [3.05, 3.63) is 0 Å². The molecule has 5 unspecified atom stereocenters. The van der Waals surface area contributed by atoms with Gasteiger partial charge in [0, 0.05) is 29.7 Å². The van der Waals surface area contributed by atoms with E-state index in [1.807, 2.05) is 7.05 Å². The Kier molecular flexibility index (Phi) is 5.94. The third-order valence-corrected chi connectivity index (χ3v) is 5.52. The average Bonchev–Trinajstić information content (AvgIpc) is 2.24. The smallest absolute Gasteiger partial charge is 0.0577 e. The topological polar surface area (TPSA) is 38.3 Å². The predicted molar refractivity (Wildman–Crippen MR) is 69.1 cm³/mol. The lowest BCUT2D eigenvalue weighted by Crippen LogP contribution is -2.49. The van der Waals surface area contributed by atoms with Gasteiger partial charge in [-0.3, -0.25) is 4.21 Å². The van der Waals surface area contributed by atoms with Crippen molar-refractivity contribution in [2.45, 2.75) is 38.0 Å². The lowest BCUT2D eigenvalue weighted by molar-refractivity contribution is 0.216. The molecule has 1 saturated carbocycles. The maximum Gasteiger partial charge on any atom is 0.0577 e. The Bertz CT molecular complexity index is 235. The van der Waals surface area contributed by atoms with Crippen molar-refractivity contribution in [2.75, 3.05) is 26.5 Å². The van der Waals surface area contributed by atoms with Crippen LogP contribution < -0.4 is 5.32 Å². The zero-order chi connectivity index (χ0) is 12.1. The van der Waals surface area contributed by atoms with E-state index < -0.39 is 10.8 Å². The van der Waals surface area contributed by atoms with Crippen molar-refractivity contribution < 1.29 is 8.95 Å². The lowest BCUT2D eigenvalue weighted by Gasteiger charge is -2.38. The Balaban J connectivity index is 2.62. The van der Waals surface area contributed by atoms with E-state index in [-0.39, 0.29) is 5.25 Å². The molecule has 0 aromatic rings. The summed E-state index contributed by atoms with van der Waals surface area (Å²) in [4.78, 5) is 0. The summed E-state index contributed by atoms with van der Waals surface area (Å²) in [5.41, 5.74) is 0. The first-order valence-corrected chi connectivity index (χ1v) is 7.51. The maximum atomic E-state index is 12.2. The summed E-state index contributed by atoms with van der Waals surface area (Å²) < 4.78 is 17.2. The van der Waals surface area contributed by atoms with Crippen LogP contribution in [0.2, 0.25) is 0 Å². The van der Waals surface area contributed by atoms with E-state index in [0.717, 1.165) is 12.3 Å². The van der Waals surface area contributed by atoms with E-state index in [0.29, 0.717) is 24.3 Å². The summed E-state index contributed by atoms with van der Waals surface area (Å²) in [7, 11) is 2.88. The van der Waals surface area contributed by atoms with Crippen molar-refractivity contribution in [1.82, 2.24) is 5.32 Å². The first-order valence-electron chi connectivity index (χ1n) is 6.13. The molecule has 1 fully saturated rings.